The molecule has 0 amide bonds. The van der Waals surface area contributed by atoms with E-state index in [9.17, 15) is 5.11 Å². The molecule has 0 saturated carbocycles. The number of hydrogen-bond acceptors (Lipinski definition) is 2. The maximum absolute atomic E-state index is 11.0. The smallest absolute Gasteiger partial charge is 0.0917 e. The highest BCUT2D eigenvalue weighted by Crippen LogP contribution is 2.49. The fourth-order valence-corrected chi connectivity index (χ4v) is 5.18. The zero-order valence-corrected chi connectivity index (χ0v) is 11.5. The third-order valence-electron chi connectivity index (χ3n) is 4.25. The molecule has 2 heteroatoms. The third kappa shape index (κ3) is 2.24. The van der Waals surface area contributed by atoms with Crippen LogP contribution in [0, 0.1) is 0 Å². The molecule has 2 heterocycles. The lowest BCUT2D eigenvalue weighted by Crippen LogP contribution is -2.40. The molecule has 0 aliphatic carbocycles. The van der Waals surface area contributed by atoms with Gasteiger partial charge >= 0.3 is 0 Å². The molecule has 1 nitrogen and oxygen atoms in total. The summed E-state index contributed by atoms with van der Waals surface area (Å²) < 4.78 is 0. The van der Waals surface area contributed by atoms with Crippen LogP contribution in [-0.2, 0) is 5.60 Å². The summed E-state index contributed by atoms with van der Waals surface area (Å²) in [5.74, 6) is 0. The molecule has 2 bridgehead atoms. The van der Waals surface area contributed by atoms with Gasteiger partial charge in [-0.05, 0) is 36.8 Å². The predicted molar refractivity (Wildman–Crippen MR) is 78.7 cm³/mol. The molecule has 18 heavy (non-hydrogen) atoms. The molecular formula is C16H20OS. The number of thioether (sulfide) groups is 1. The van der Waals surface area contributed by atoms with Gasteiger partial charge in [0.05, 0.1) is 5.60 Å². The Labute approximate surface area is 113 Å². The average Bonchev–Trinajstić information content (AvgIpc) is 2.38. The van der Waals surface area contributed by atoms with Crippen molar-refractivity contribution in [1.82, 2.24) is 0 Å². The van der Waals surface area contributed by atoms with Gasteiger partial charge in [-0.1, -0.05) is 43.3 Å². The van der Waals surface area contributed by atoms with Crippen molar-refractivity contribution in [1.29, 1.82) is 0 Å². The molecule has 2 unspecified atom stereocenters. The van der Waals surface area contributed by atoms with Crippen molar-refractivity contribution >= 4 is 17.8 Å². The van der Waals surface area contributed by atoms with Gasteiger partial charge in [0.2, 0.25) is 0 Å². The first-order valence-electron chi connectivity index (χ1n) is 6.80. The van der Waals surface area contributed by atoms with E-state index < -0.39 is 5.60 Å². The summed E-state index contributed by atoms with van der Waals surface area (Å²) in [6.45, 7) is 3.77. The largest absolute Gasteiger partial charge is 0.385 e. The first-order chi connectivity index (χ1) is 8.69. The Bertz CT molecular complexity index is 425. The van der Waals surface area contributed by atoms with E-state index in [0.29, 0.717) is 10.5 Å². The summed E-state index contributed by atoms with van der Waals surface area (Å²) in [6, 6.07) is 8.25. The van der Waals surface area contributed by atoms with Crippen LogP contribution in [0.15, 0.2) is 30.8 Å². The van der Waals surface area contributed by atoms with E-state index in [-0.39, 0.29) is 0 Å². The summed E-state index contributed by atoms with van der Waals surface area (Å²) >= 11 is 2.10. The van der Waals surface area contributed by atoms with Crippen LogP contribution in [0.2, 0.25) is 0 Å². The number of fused-ring (bicyclic) bond motifs is 2. The fraction of sp³-hybridized carbons (Fsp3) is 0.500. The number of rotatable bonds is 2. The summed E-state index contributed by atoms with van der Waals surface area (Å²) in [7, 11) is 0. The van der Waals surface area contributed by atoms with Crippen molar-refractivity contribution in [3.63, 3.8) is 0 Å². The molecule has 0 radical (unpaired) electrons. The topological polar surface area (TPSA) is 20.2 Å². The molecule has 1 N–H and O–H groups in total. The van der Waals surface area contributed by atoms with Gasteiger partial charge in [0.15, 0.2) is 0 Å². The van der Waals surface area contributed by atoms with Crippen LogP contribution < -0.4 is 0 Å². The van der Waals surface area contributed by atoms with E-state index in [1.807, 2.05) is 6.08 Å². The van der Waals surface area contributed by atoms with E-state index in [1.54, 1.807) is 0 Å². The maximum Gasteiger partial charge on any atom is 0.0917 e. The van der Waals surface area contributed by atoms with Crippen molar-refractivity contribution in [2.75, 3.05) is 0 Å². The number of hydrogen-bond donors (Lipinski definition) is 1. The Morgan fingerprint density at radius 1 is 1.17 bits per heavy atom. The van der Waals surface area contributed by atoms with E-state index in [2.05, 4.69) is 42.6 Å². The summed E-state index contributed by atoms with van der Waals surface area (Å²) in [6.07, 6.45) is 7.57. The zero-order chi connectivity index (χ0) is 12.6. The van der Waals surface area contributed by atoms with Gasteiger partial charge in [0, 0.05) is 10.5 Å². The van der Waals surface area contributed by atoms with Crippen molar-refractivity contribution in [3.8, 4) is 0 Å². The molecule has 1 aromatic carbocycles. The van der Waals surface area contributed by atoms with Crippen LogP contribution in [0.5, 0.6) is 0 Å². The van der Waals surface area contributed by atoms with Crippen LogP contribution in [0.3, 0.4) is 0 Å². The minimum absolute atomic E-state index is 0.597. The Morgan fingerprint density at radius 3 is 2.33 bits per heavy atom. The lowest BCUT2D eigenvalue weighted by molar-refractivity contribution is 0.00813. The van der Waals surface area contributed by atoms with Gasteiger partial charge in [-0.2, -0.15) is 11.8 Å². The monoisotopic (exact) mass is 260 g/mol. The molecule has 2 atom stereocenters. The first kappa shape index (κ1) is 12.3. The van der Waals surface area contributed by atoms with Crippen molar-refractivity contribution in [2.24, 2.45) is 0 Å². The second kappa shape index (κ2) is 4.75. The van der Waals surface area contributed by atoms with E-state index >= 15 is 0 Å². The van der Waals surface area contributed by atoms with E-state index in [1.165, 1.54) is 19.3 Å². The molecule has 2 aliphatic rings. The van der Waals surface area contributed by atoms with Crippen LogP contribution in [-0.4, -0.2) is 15.6 Å². The molecule has 3 rings (SSSR count). The molecular weight excluding hydrogens is 240 g/mol. The van der Waals surface area contributed by atoms with E-state index in [0.717, 1.165) is 24.0 Å². The van der Waals surface area contributed by atoms with Gasteiger partial charge in [-0.3, -0.25) is 0 Å². The third-order valence-corrected chi connectivity index (χ3v) is 5.83. The van der Waals surface area contributed by atoms with Crippen molar-refractivity contribution in [3.05, 3.63) is 42.0 Å². The highest BCUT2D eigenvalue weighted by Gasteiger charge is 2.42. The Hall–Kier alpha value is -0.730. The second-order valence-corrected chi connectivity index (χ2v) is 7.18. The first-order valence-corrected chi connectivity index (χ1v) is 7.75. The lowest BCUT2D eigenvalue weighted by atomic mass is 9.80. The minimum atomic E-state index is -0.597. The maximum atomic E-state index is 11.0. The lowest BCUT2D eigenvalue weighted by Gasteiger charge is -2.44. The molecule has 0 aromatic heterocycles. The van der Waals surface area contributed by atoms with Gasteiger partial charge in [-0.15, -0.1) is 0 Å². The van der Waals surface area contributed by atoms with Crippen molar-refractivity contribution < 1.29 is 5.11 Å². The SMILES string of the molecule is C=Cc1ccc(C2(O)CC3CCCC(C2)S3)cc1. The van der Waals surface area contributed by atoms with Gasteiger partial charge in [-0.25, -0.2) is 0 Å². The highest BCUT2D eigenvalue weighted by atomic mass is 32.2. The molecule has 2 fully saturated rings. The number of benzene rings is 1. The van der Waals surface area contributed by atoms with Crippen LogP contribution in [0.1, 0.15) is 43.2 Å². The molecule has 1 aromatic rings. The standard InChI is InChI=1S/C16H20OS/c1-2-12-6-8-13(9-7-12)16(17)10-14-4-3-5-15(11-16)18-14/h2,6-9,14-15,17H,1,3-5,10-11H2. The summed E-state index contributed by atoms with van der Waals surface area (Å²) in [4.78, 5) is 0. The average molecular weight is 260 g/mol. The quantitative estimate of drug-likeness (QED) is 0.868. The van der Waals surface area contributed by atoms with Crippen molar-refractivity contribution in [2.45, 2.75) is 48.2 Å². The summed E-state index contributed by atoms with van der Waals surface area (Å²) in [5.41, 5.74) is 1.61. The molecule has 2 aliphatic heterocycles. The Morgan fingerprint density at radius 2 is 1.78 bits per heavy atom. The van der Waals surface area contributed by atoms with Crippen LogP contribution in [0.25, 0.3) is 6.08 Å². The van der Waals surface area contributed by atoms with E-state index in [4.69, 9.17) is 0 Å². The van der Waals surface area contributed by atoms with Gasteiger partial charge in [0.25, 0.3) is 0 Å². The Balaban J connectivity index is 1.86. The second-order valence-electron chi connectivity index (χ2n) is 5.58. The Kier molecular flexibility index (Phi) is 3.25. The predicted octanol–water partition coefficient (Wildman–Crippen LogP) is 3.97. The van der Waals surface area contributed by atoms with Gasteiger partial charge in [0.1, 0.15) is 0 Å². The van der Waals surface area contributed by atoms with Crippen LogP contribution in [0.4, 0.5) is 0 Å². The molecule has 96 valence electrons. The number of aliphatic hydroxyl groups is 1. The highest BCUT2D eigenvalue weighted by molar-refractivity contribution is 8.00. The molecule has 0 spiro atoms. The van der Waals surface area contributed by atoms with Crippen LogP contribution >= 0.6 is 11.8 Å². The molecule has 2 saturated heterocycles. The minimum Gasteiger partial charge on any atom is -0.385 e. The normalized spacial score (nSPS) is 35.2. The zero-order valence-electron chi connectivity index (χ0n) is 10.6. The fourth-order valence-electron chi connectivity index (χ4n) is 3.28. The van der Waals surface area contributed by atoms with Gasteiger partial charge < -0.3 is 5.11 Å². The summed E-state index contributed by atoms with van der Waals surface area (Å²) in [5, 5.41) is 12.3.